The molecule has 1 heterocycles. The van der Waals surface area contributed by atoms with Crippen LogP contribution in [0.1, 0.15) is 0 Å². The molecule has 0 bridgehead atoms. The predicted molar refractivity (Wildman–Crippen MR) is 41.0 cm³/mol. The van der Waals surface area contributed by atoms with Crippen molar-refractivity contribution < 1.29 is 0 Å². The molecule has 0 saturated heterocycles. The molecule has 1 rings (SSSR count). The summed E-state index contributed by atoms with van der Waals surface area (Å²) in [5.41, 5.74) is 0. The molecule has 1 aromatic rings. The van der Waals surface area contributed by atoms with Crippen LogP contribution in [0.5, 0.6) is 0 Å². The van der Waals surface area contributed by atoms with Crippen LogP contribution < -0.4 is 0 Å². The van der Waals surface area contributed by atoms with E-state index in [0.717, 1.165) is 0 Å². The van der Waals surface area contributed by atoms with Gasteiger partial charge >= 0.3 is 60.8 Å². The molecular weight excluding hydrogens is 175 g/mol. The standard InChI is InChI=1S/C8H8Se/c1-2-4-6-8-9-7-5-3-1/h1-8H. The van der Waals surface area contributed by atoms with Crippen LogP contribution in [0.4, 0.5) is 0 Å². The first-order valence-electron chi connectivity index (χ1n) is 2.80. The SMILES string of the molecule is c1cccc[se]ccc1. The molecule has 0 aromatic carbocycles. The van der Waals surface area contributed by atoms with Crippen molar-refractivity contribution in [3.05, 3.63) is 46.3 Å². The summed E-state index contributed by atoms with van der Waals surface area (Å²) in [5.74, 6) is 0. The Morgan fingerprint density at radius 1 is 0.556 bits per heavy atom. The summed E-state index contributed by atoms with van der Waals surface area (Å²) in [5, 5.41) is 0. The number of hydrogen-bond acceptors (Lipinski definition) is 0. The van der Waals surface area contributed by atoms with Crippen molar-refractivity contribution in [2.24, 2.45) is 0 Å². The van der Waals surface area contributed by atoms with Gasteiger partial charge in [-0.3, -0.25) is 0 Å². The molecule has 9 heavy (non-hydrogen) atoms. The third-order valence-corrected chi connectivity index (χ3v) is 2.19. The van der Waals surface area contributed by atoms with E-state index >= 15 is 0 Å². The van der Waals surface area contributed by atoms with Gasteiger partial charge in [0, 0.05) is 0 Å². The summed E-state index contributed by atoms with van der Waals surface area (Å²) < 4.78 is 0. The van der Waals surface area contributed by atoms with E-state index in [9.17, 15) is 0 Å². The van der Waals surface area contributed by atoms with Gasteiger partial charge in [0.15, 0.2) is 0 Å². The summed E-state index contributed by atoms with van der Waals surface area (Å²) in [6, 6.07) is 12.3. The average molecular weight is 183 g/mol. The van der Waals surface area contributed by atoms with Crippen LogP contribution in [0.2, 0.25) is 0 Å². The minimum absolute atomic E-state index is 0.555. The Morgan fingerprint density at radius 3 is 1.56 bits per heavy atom. The fourth-order valence-electron chi connectivity index (χ4n) is 0.483. The summed E-state index contributed by atoms with van der Waals surface area (Å²) in [4.78, 5) is 4.38. The van der Waals surface area contributed by atoms with Crippen molar-refractivity contribution in [2.75, 3.05) is 0 Å². The third-order valence-electron chi connectivity index (χ3n) is 0.870. The molecule has 0 unspecified atom stereocenters. The molecule has 0 nitrogen and oxygen atoms in total. The molecule has 1 aromatic heterocycles. The van der Waals surface area contributed by atoms with Crippen molar-refractivity contribution in [3.8, 4) is 0 Å². The third kappa shape index (κ3) is 3.12. The first kappa shape index (κ1) is 6.60. The second kappa shape index (κ2) is 4.37. The molecule has 0 saturated carbocycles. The van der Waals surface area contributed by atoms with Crippen LogP contribution in [0.25, 0.3) is 0 Å². The molecule has 0 aliphatic rings. The monoisotopic (exact) mass is 184 g/mol. The minimum atomic E-state index is 0.555. The fraction of sp³-hybridized carbons (Fsp3) is 0. The van der Waals surface area contributed by atoms with Crippen LogP contribution in [0.3, 0.4) is 0 Å². The Labute approximate surface area is 61.2 Å². The first-order valence-corrected chi connectivity index (χ1v) is 4.78. The van der Waals surface area contributed by atoms with Gasteiger partial charge in [-0.1, -0.05) is 0 Å². The van der Waals surface area contributed by atoms with Gasteiger partial charge in [0.25, 0.3) is 0 Å². The van der Waals surface area contributed by atoms with Gasteiger partial charge in [-0.05, 0) is 0 Å². The second-order valence-electron chi connectivity index (χ2n) is 1.56. The zero-order valence-corrected chi connectivity index (χ0v) is 6.74. The van der Waals surface area contributed by atoms with Gasteiger partial charge in [-0.2, -0.15) is 0 Å². The van der Waals surface area contributed by atoms with Gasteiger partial charge < -0.3 is 0 Å². The maximum atomic E-state index is 2.19. The van der Waals surface area contributed by atoms with Crippen molar-refractivity contribution in [3.63, 3.8) is 0 Å². The van der Waals surface area contributed by atoms with E-state index in [-0.39, 0.29) is 0 Å². The van der Waals surface area contributed by atoms with Gasteiger partial charge in [-0.15, -0.1) is 0 Å². The Bertz CT molecular complexity index is 126. The second-order valence-corrected chi connectivity index (χ2v) is 3.28. The number of hydrogen-bond donors (Lipinski definition) is 0. The molecule has 0 radical (unpaired) electrons. The molecule has 46 valence electrons. The van der Waals surface area contributed by atoms with Crippen molar-refractivity contribution >= 4 is 14.5 Å². The summed E-state index contributed by atoms with van der Waals surface area (Å²) >= 11 is 0.555. The Kier molecular flexibility index (Phi) is 3.20. The molecule has 0 N–H and O–H groups in total. The van der Waals surface area contributed by atoms with Crippen LogP contribution >= 0.6 is 0 Å². The van der Waals surface area contributed by atoms with Crippen LogP contribution in [-0.2, 0) is 0 Å². The fourth-order valence-corrected chi connectivity index (χ4v) is 1.44. The van der Waals surface area contributed by atoms with E-state index in [0.29, 0.717) is 14.5 Å². The molecule has 0 aliphatic heterocycles. The molecule has 0 aliphatic carbocycles. The molecule has 0 fully saturated rings. The van der Waals surface area contributed by atoms with E-state index in [4.69, 9.17) is 0 Å². The predicted octanol–water partition coefficient (Wildman–Crippen LogP) is 1.87. The topological polar surface area (TPSA) is 0 Å². The maximum absolute atomic E-state index is 2.19. The summed E-state index contributed by atoms with van der Waals surface area (Å²) in [7, 11) is 0. The van der Waals surface area contributed by atoms with Crippen molar-refractivity contribution in [1.29, 1.82) is 0 Å². The average Bonchev–Trinajstić information content (AvgIpc) is 2.00. The van der Waals surface area contributed by atoms with Gasteiger partial charge in [0.1, 0.15) is 0 Å². The molecule has 0 spiro atoms. The first-order chi connectivity index (χ1) is 4.50. The van der Waals surface area contributed by atoms with E-state index in [1.165, 1.54) is 0 Å². The molecule has 1 heteroatoms. The molecule has 0 atom stereocenters. The van der Waals surface area contributed by atoms with Crippen LogP contribution in [0, 0.1) is 0 Å². The quantitative estimate of drug-likeness (QED) is 0.538. The zero-order chi connectivity index (χ0) is 6.36. The van der Waals surface area contributed by atoms with Crippen molar-refractivity contribution in [2.45, 2.75) is 0 Å². The Balaban J connectivity index is 3.04. The summed E-state index contributed by atoms with van der Waals surface area (Å²) in [6.45, 7) is 0. The van der Waals surface area contributed by atoms with E-state index < -0.39 is 0 Å². The van der Waals surface area contributed by atoms with Crippen LogP contribution in [-0.4, -0.2) is 14.5 Å². The van der Waals surface area contributed by atoms with Gasteiger partial charge in [-0.25, -0.2) is 0 Å². The van der Waals surface area contributed by atoms with E-state index in [1.807, 2.05) is 24.3 Å². The normalized spacial score (nSPS) is 8.00. The van der Waals surface area contributed by atoms with Crippen LogP contribution in [0.15, 0.2) is 46.3 Å². The van der Waals surface area contributed by atoms with Gasteiger partial charge in [0.05, 0.1) is 0 Å². The van der Waals surface area contributed by atoms with Crippen molar-refractivity contribution in [1.82, 2.24) is 0 Å². The van der Waals surface area contributed by atoms with E-state index in [2.05, 4.69) is 22.0 Å². The van der Waals surface area contributed by atoms with Gasteiger partial charge in [0.2, 0.25) is 0 Å². The zero-order valence-electron chi connectivity index (χ0n) is 5.03. The number of rotatable bonds is 0. The molecular formula is C8H8Se. The van der Waals surface area contributed by atoms with E-state index in [1.54, 1.807) is 0 Å². The Morgan fingerprint density at radius 2 is 1.00 bits per heavy atom. The molecule has 0 amide bonds. The summed E-state index contributed by atoms with van der Waals surface area (Å²) in [6.07, 6.45) is 0. The Hall–Kier alpha value is -0.521.